The van der Waals surface area contributed by atoms with E-state index < -0.39 is 0 Å². The second kappa shape index (κ2) is 7.69. The SMILES string of the molecule is CCCCCCCC(O)c1c(C)c(C)cc(C)c1C. The Morgan fingerprint density at radius 3 is 1.95 bits per heavy atom. The van der Waals surface area contributed by atoms with Crippen molar-refractivity contribution >= 4 is 0 Å². The van der Waals surface area contributed by atoms with Gasteiger partial charge in [0, 0.05) is 0 Å². The van der Waals surface area contributed by atoms with Crippen LogP contribution in [0.1, 0.15) is 79.4 Å². The zero-order chi connectivity index (χ0) is 14.4. The van der Waals surface area contributed by atoms with Crippen molar-refractivity contribution in [3.05, 3.63) is 33.9 Å². The highest BCUT2D eigenvalue weighted by molar-refractivity contribution is 5.45. The molecule has 108 valence electrons. The normalized spacial score (nSPS) is 12.7. The Bertz CT molecular complexity index is 380. The fraction of sp³-hybridized carbons (Fsp3) is 0.667. The highest BCUT2D eigenvalue weighted by Crippen LogP contribution is 2.30. The first-order valence-corrected chi connectivity index (χ1v) is 7.74. The van der Waals surface area contributed by atoms with E-state index in [0.29, 0.717) is 0 Å². The van der Waals surface area contributed by atoms with Crippen molar-refractivity contribution in [2.75, 3.05) is 0 Å². The highest BCUT2D eigenvalue weighted by Gasteiger charge is 2.15. The maximum Gasteiger partial charge on any atom is 0.0795 e. The summed E-state index contributed by atoms with van der Waals surface area (Å²) in [6, 6.07) is 2.22. The third-order valence-electron chi connectivity index (χ3n) is 4.34. The maximum atomic E-state index is 10.5. The van der Waals surface area contributed by atoms with Crippen LogP contribution in [-0.2, 0) is 0 Å². The van der Waals surface area contributed by atoms with E-state index in [2.05, 4.69) is 40.7 Å². The van der Waals surface area contributed by atoms with E-state index in [9.17, 15) is 5.11 Å². The molecule has 0 aliphatic carbocycles. The van der Waals surface area contributed by atoms with Gasteiger partial charge in [-0.2, -0.15) is 0 Å². The van der Waals surface area contributed by atoms with E-state index in [1.807, 2.05) is 0 Å². The molecule has 0 spiro atoms. The Hall–Kier alpha value is -0.820. The molecule has 1 rings (SSSR count). The zero-order valence-electron chi connectivity index (χ0n) is 13.3. The largest absolute Gasteiger partial charge is 0.388 e. The fourth-order valence-corrected chi connectivity index (χ4v) is 2.83. The van der Waals surface area contributed by atoms with Crippen LogP contribution in [0.2, 0.25) is 0 Å². The minimum absolute atomic E-state index is 0.291. The molecule has 0 saturated carbocycles. The summed E-state index contributed by atoms with van der Waals surface area (Å²) < 4.78 is 0. The van der Waals surface area contributed by atoms with Gasteiger partial charge in [0.05, 0.1) is 6.10 Å². The molecule has 1 unspecified atom stereocenters. The number of aliphatic hydroxyl groups excluding tert-OH is 1. The first kappa shape index (κ1) is 16.2. The van der Waals surface area contributed by atoms with Gasteiger partial charge < -0.3 is 5.11 Å². The van der Waals surface area contributed by atoms with Crippen LogP contribution in [0.3, 0.4) is 0 Å². The molecule has 0 aliphatic rings. The van der Waals surface area contributed by atoms with Gasteiger partial charge in [-0.05, 0) is 61.9 Å². The lowest BCUT2D eigenvalue weighted by Crippen LogP contribution is -2.06. The monoisotopic (exact) mass is 262 g/mol. The molecule has 0 amide bonds. The zero-order valence-corrected chi connectivity index (χ0v) is 13.3. The smallest absolute Gasteiger partial charge is 0.0795 e. The van der Waals surface area contributed by atoms with E-state index in [1.54, 1.807) is 0 Å². The Morgan fingerprint density at radius 2 is 1.42 bits per heavy atom. The first-order chi connectivity index (χ1) is 8.99. The van der Waals surface area contributed by atoms with E-state index in [0.717, 1.165) is 12.8 Å². The molecule has 1 aromatic rings. The van der Waals surface area contributed by atoms with Crippen molar-refractivity contribution in [3.8, 4) is 0 Å². The van der Waals surface area contributed by atoms with Gasteiger partial charge in [-0.3, -0.25) is 0 Å². The van der Waals surface area contributed by atoms with Gasteiger partial charge in [0.15, 0.2) is 0 Å². The lowest BCUT2D eigenvalue weighted by atomic mass is 9.89. The number of aliphatic hydroxyl groups is 1. The summed E-state index contributed by atoms with van der Waals surface area (Å²) in [5, 5.41) is 10.5. The molecule has 0 bridgehead atoms. The molecule has 0 aromatic heterocycles. The van der Waals surface area contributed by atoms with Crippen molar-refractivity contribution in [1.82, 2.24) is 0 Å². The third kappa shape index (κ3) is 4.35. The van der Waals surface area contributed by atoms with Crippen molar-refractivity contribution in [1.29, 1.82) is 0 Å². The van der Waals surface area contributed by atoms with Crippen LogP contribution in [0, 0.1) is 27.7 Å². The topological polar surface area (TPSA) is 20.2 Å². The van der Waals surface area contributed by atoms with Gasteiger partial charge in [-0.25, -0.2) is 0 Å². The summed E-state index contributed by atoms with van der Waals surface area (Å²) in [6.07, 6.45) is 6.87. The predicted octanol–water partition coefficient (Wildman–Crippen LogP) is 5.31. The Morgan fingerprint density at radius 1 is 0.895 bits per heavy atom. The Labute approximate surface area is 119 Å². The summed E-state index contributed by atoms with van der Waals surface area (Å²) >= 11 is 0. The van der Waals surface area contributed by atoms with Gasteiger partial charge in [-0.1, -0.05) is 45.1 Å². The molecule has 1 atom stereocenters. The van der Waals surface area contributed by atoms with Gasteiger partial charge in [0.25, 0.3) is 0 Å². The molecule has 1 aromatic carbocycles. The van der Waals surface area contributed by atoms with Crippen molar-refractivity contribution < 1.29 is 5.11 Å². The Balaban J connectivity index is 2.69. The fourth-order valence-electron chi connectivity index (χ4n) is 2.83. The number of rotatable bonds is 7. The minimum atomic E-state index is -0.291. The van der Waals surface area contributed by atoms with Crippen molar-refractivity contribution in [2.45, 2.75) is 79.2 Å². The van der Waals surface area contributed by atoms with E-state index in [-0.39, 0.29) is 6.10 Å². The second-order valence-electron chi connectivity index (χ2n) is 5.89. The lowest BCUT2D eigenvalue weighted by Gasteiger charge is -2.20. The molecule has 1 N–H and O–H groups in total. The standard InChI is InChI=1S/C18H30O/c1-6-7-8-9-10-11-17(19)18-15(4)13(2)12-14(3)16(18)5/h12,17,19H,6-11H2,1-5H3. The predicted molar refractivity (Wildman–Crippen MR) is 83.7 cm³/mol. The molecule has 0 aliphatic heterocycles. The maximum absolute atomic E-state index is 10.5. The van der Waals surface area contributed by atoms with Crippen LogP contribution in [0.5, 0.6) is 0 Å². The number of hydrogen-bond acceptors (Lipinski definition) is 1. The van der Waals surface area contributed by atoms with E-state index in [4.69, 9.17) is 0 Å². The molecular weight excluding hydrogens is 232 g/mol. The first-order valence-electron chi connectivity index (χ1n) is 7.74. The summed E-state index contributed by atoms with van der Waals surface area (Å²) in [5.74, 6) is 0. The van der Waals surface area contributed by atoms with Crippen molar-refractivity contribution in [2.24, 2.45) is 0 Å². The van der Waals surface area contributed by atoms with E-state index in [1.165, 1.54) is 53.5 Å². The Kier molecular flexibility index (Phi) is 6.57. The van der Waals surface area contributed by atoms with Crippen LogP contribution in [-0.4, -0.2) is 5.11 Å². The van der Waals surface area contributed by atoms with Gasteiger partial charge in [0.2, 0.25) is 0 Å². The summed E-state index contributed by atoms with van der Waals surface area (Å²) in [4.78, 5) is 0. The van der Waals surface area contributed by atoms with Crippen molar-refractivity contribution in [3.63, 3.8) is 0 Å². The van der Waals surface area contributed by atoms with Crippen LogP contribution < -0.4 is 0 Å². The second-order valence-corrected chi connectivity index (χ2v) is 5.89. The van der Waals surface area contributed by atoms with Gasteiger partial charge in [-0.15, -0.1) is 0 Å². The molecule has 1 heteroatoms. The summed E-state index contributed by atoms with van der Waals surface area (Å²) in [7, 11) is 0. The number of hydrogen-bond donors (Lipinski definition) is 1. The molecule has 19 heavy (non-hydrogen) atoms. The van der Waals surface area contributed by atoms with Gasteiger partial charge >= 0.3 is 0 Å². The highest BCUT2D eigenvalue weighted by atomic mass is 16.3. The van der Waals surface area contributed by atoms with Crippen LogP contribution in [0.15, 0.2) is 6.07 Å². The molecule has 0 fully saturated rings. The van der Waals surface area contributed by atoms with Crippen LogP contribution in [0.4, 0.5) is 0 Å². The summed E-state index contributed by atoms with van der Waals surface area (Å²) in [5.41, 5.74) is 6.30. The van der Waals surface area contributed by atoms with Crippen LogP contribution >= 0.6 is 0 Å². The average Bonchev–Trinajstić information content (AvgIpc) is 2.36. The number of unbranched alkanes of at least 4 members (excludes halogenated alkanes) is 4. The molecule has 0 radical (unpaired) electrons. The molecule has 0 saturated heterocycles. The molecule has 0 heterocycles. The third-order valence-corrected chi connectivity index (χ3v) is 4.34. The minimum Gasteiger partial charge on any atom is -0.388 e. The number of aryl methyl sites for hydroxylation is 2. The summed E-state index contributed by atoms with van der Waals surface area (Å²) in [6.45, 7) is 10.8. The average molecular weight is 262 g/mol. The van der Waals surface area contributed by atoms with E-state index >= 15 is 0 Å². The number of benzene rings is 1. The lowest BCUT2D eigenvalue weighted by molar-refractivity contribution is 0.162. The quantitative estimate of drug-likeness (QED) is 0.660. The van der Waals surface area contributed by atoms with Gasteiger partial charge in [0.1, 0.15) is 0 Å². The molecule has 1 nitrogen and oxygen atoms in total. The van der Waals surface area contributed by atoms with Crippen LogP contribution in [0.25, 0.3) is 0 Å². The molecular formula is C18H30O.